The molecular formula is C36H45N3O4. The number of ether oxygens (including phenoxy) is 3. The van der Waals surface area contributed by atoms with Gasteiger partial charge in [0.05, 0.1) is 6.61 Å². The molecule has 5 rings (SSSR count). The third-order valence-corrected chi connectivity index (χ3v) is 8.37. The first-order valence-electron chi connectivity index (χ1n) is 15.6. The highest BCUT2D eigenvalue weighted by molar-refractivity contribution is 6.07. The Balaban J connectivity index is 1.26. The number of nitrogens with zero attached hydrogens (tertiary/aromatic N) is 2. The molecule has 0 unspecified atom stereocenters. The van der Waals surface area contributed by atoms with Crippen molar-refractivity contribution in [3.63, 3.8) is 0 Å². The molecule has 1 saturated heterocycles. The van der Waals surface area contributed by atoms with Crippen LogP contribution >= 0.6 is 0 Å². The molecule has 0 saturated carbocycles. The van der Waals surface area contributed by atoms with Crippen molar-refractivity contribution in [1.29, 1.82) is 0 Å². The van der Waals surface area contributed by atoms with E-state index >= 15 is 0 Å². The first kappa shape index (κ1) is 30.8. The van der Waals surface area contributed by atoms with E-state index in [9.17, 15) is 4.79 Å². The fourth-order valence-electron chi connectivity index (χ4n) is 5.84. The summed E-state index contributed by atoms with van der Waals surface area (Å²) in [6, 6.07) is 23.5. The lowest BCUT2D eigenvalue weighted by Gasteiger charge is -2.31. The van der Waals surface area contributed by atoms with Gasteiger partial charge in [-0.2, -0.15) is 0 Å². The molecule has 2 aliphatic heterocycles. The fourth-order valence-corrected chi connectivity index (χ4v) is 5.84. The molecular weight excluding hydrogens is 538 g/mol. The first-order chi connectivity index (χ1) is 21.0. The summed E-state index contributed by atoms with van der Waals surface area (Å²) in [6.07, 6.45) is 4.91. The van der Waals surface area contributed by atoms with E-state index in [2.05, 4.69) is 77.6 Å². The van der Waals surface area contributed by atoms with Crippen LogP contribution in [-0.2, 0) is 20.8 Å². The molecule has 7 heteroatoms. The number of rotatable bonds is 12. The maximum atomic E-state index is 13.5. The third-order valence-electron chi connectivity index (χ3n) is 8.37. The molecule has 0 aliphatic carbocycles. The average molecular weight is 584 g/mol. The van der Waals surface area contributed by atoms with Gasteiger partial charge in [-0.15, -0.1) is 0 Å². The van der Waals surface area contributed by atoms with E-state index in [-0.39, 0.29) is 5.91 Å². The smallest absolute Gasteiger partial charge is 0.251 e. The van der Waals surface area contributed by atoms with Gasteiger partial charge in [0.1, 0.15) is 12.4 Å². The quantitative estimate of drug-likeness (QED) is 0.242. The molecule has 2 aliphatic rings. The van der Waals surface area contributed by atoms with Crippen LogP contribution in [0.25, 0.3) is 17.2 Å². The highest BCUT2D eigenvalue weighted by Gasteiger charge is 2.20. The second-order valence-electron chi connectivity index (χ2n) is 11.3. The van der Waals surface area contributed by atoms with E-state index < -0.39 is 0 Å². The van der Waals surface area contributed by atoms with Crippen molar-refractivity contribution in [3.8, 4) is 16.9 Å². The number of carbonyl (C=O) groups excluding carboxylic acids is 1. The summed E-state index contributed by atoms with van der Waals surface area (Å²) in [4.78, 5) is 18.2. The third kappa shape index (κ3) is 8.25. The monoisotopic (exact) mass is 583 g/mol. The van der Waals surface area contributed by atoms with Gasteiger partial charge in [0.2, 0.25) is 0 Å². The Kier molecular flexibility index (Phi) is 10.9. The summed E-state index contributed by atoms with van der Waals surface area (Å²) in [5.74, 6) is 0.781. The molecule has 2 heterocycles. The molecule has 3 aromatic rings. The summed E-state index contributed by atoms with van der Waals surface area (Å²) in [6.45, 7) is 10.2. The molecule has 43 heavy (non-hydrogen) atoms. The molecule has 228 valence electrons. The number of nitrogens with one attached hydrogen (secondary N) is 1. The second-order valence-corrected chi connectivity index (χ2v) is 11.3. The number of hydrogen-bond donors (Lipinski definition) is 1. The van der Waals surface area contributed by atoms with Crippen LogP contribution in [0.2, 0.25) is 0 Å². The first-order valence-corrected chi connectivity index (χ1v) is 15.6. The van der Waals surface area contributed by atoms with Crippen LogP contribution in [0, 0.1) is 0 Å². The highest BCUT2D eigenvalue weighted by Crippen LogP contribution is 2.33. The lowest BCUT2D eigenvalue weighted by molar-refractivity contribution is -0.112. The number of amides is 1. The lowest BCUT2D eigenvalue weighted by atomic mass is 10.00. The van der Waals surface area contributed by atoms with Crippen LogP contribution in [0.15, 0.2) is 72.3 Å². The van der Waals surface area contributed by atoms with E-state index in [1.165, 1.54) is 5.56 Å². The lowest BCUT2D eigenvalue weighted by Crippen LogP contribution is -2.36. The number of benzene rings is 3. The fraction of sp³-hybridized carbons (Fsp3) is 0.417. The summed E-state index contributed by atoms with van der Waals surface area (Å²) in [5.41, 5.74) is 7.27. The summed E-state index contributed by atoms with van der Waals surface area (Å²) >= 11 is 0. The molecule has 3 aromatic carbocycles. The molecule has 0 radical (unpaired) electrons. The van der Waals surface area contributed by atoms with Gasteiger partial charge in [0, 0.05) is 62.4 Å². The maximum Gasteiger partial charge on any atom is 0.251 e. The van der Waals surface area contributed by atoms with Crippen LogP contribution in [0.4, 0.5) is 11.4 Å². The zero-order valence-electron chi connectivity index (χ0n) is 25.8. The van der Waals surface area contributed by atoms with Crippen molar-refractivity contribution >= 4 is 23.4 Å². The number of anilines is 2. The molecule has 1 fully saturated rings. The van der Waals surface area contributed by atoms with Crippen LogP contribution in [0.3, 0.4) is 0 Å². The summed E-state index contributed by atoms with van der Waals surface area (Å²) in [7, 11) is 2.18. The molecule has 0 aromatic heterocycles. The van der Waals surface area contributed by atoms with Crippen molar-refractivity contribution in [2.24, 2.45) is 0 Å². The van der Waals surface area contributed by atoms with Crippen molar-refractivity contribution in [2.75, 3.05) is 63.4 Å². The number of carbonyl (C=O) groups is 1. The van der Waals surface area contributed by atoms with Crippen molar-refractivity contribution in [2.45, 2.75) is 45.7 Å². The Bertz CT molecular complexity index is 1360. The molecule has 7 nitrogen and oxygen atoms in total. The number of hydrogen-bond acceptors (Lipinski definition) is 6. The van der Waals surface area contributed by atoms with Crippen LogP contribution in [0.1, 0.15) is 44.2 Å². The molecule has 0 atom stereocenters. The minimum absolute atomic E-state index is 0.0464. The van der Waals surface area contributed by atoms with Gasteiger partial charge >= 0.3 is 0 Å². The van der Waals surface area contributed by atoms with Crippen LogP contribution in [-0.4, -0.2) is 70.0 Å². The van der Waals surface area contributed by atoms with Gasteiger partial charge in [-0.3, -0.25) is 9.69 Å². The standard InChI is InChI=1S/C36H45N3O4/c1-4-39-19-16-30(36(40)37-32-11-6-27(7-12-32)26-38(3)33-17-20-42-21-18-33)25-31-24-29(10-15-35(31)39)28-8-13-34(14-9-28)43-23-22-41-5-2/h6-15,24-25,33H,4-5,16-23,26H2,1-3H3,(H,37,40). The van der Waals surface area contributed by atoms with Gasteiger partial charge in [-0.1, -0.05) is 30.3 Å². The predicted octanol–water partition coefficient (Wildman–Crippen LogP) is 6.63. The zero-order valence-corrected chi connectivity index (χ0v) is 25.8. The van der Waals surface area contributed by atoms with Gasteiger partial charge < -0.3 is 24.4 Å². The average Bonchev–Trinajstić information content (AvgIpc) is 3.24. The van der Waals surface area contributed by atoms with E-state index in [4.69, 9.17) is 14.2 Å². The van der Waals surface area contributed by atoms with E-state index in [1.54, 1.807) is 0 Å². The van der Waals surface area contributed by atoms with E-state index in [0.717, 1.165) is 85.1 Å². The normalized spacial score (nSPS) is 15.5. The predicted molar refractivity (Wildman–Crippen MR) is 175 cm³/mol. The zero-order chi connectivity index (χ0) is 30.0. The SMILES string of the molecule is CCOCCOc1ccc(-c2ccc3c(c2)C=C(C(=O)Nc2ccc(CN(C)C4CCOCC4)cc2)CCN3CC)cc1. The van der Waals surface area contributed by atoms with Crippen molar-refractivity contribution in [1.82, 2.24) is 4.90 Å². The highest BCUT2D eigenvalue weighted by atomic mass is 16.5. The van der Waals surface area contributed by atoms with Gasteiger partial charge in [-0.05, 0) is 105 Å². The van der Waals surface area contributed by atoms with E-state index in [1.807, 2.05) is 31.2 Å². The Labute approximate surface area is 256 Å². The molecule has 0 bridgehead atoms. The minimum Gasteiger partial charge on any atom is -0.491 e. The largest absolute Gasteiger partial charge is 0.491 e. The molecule has 1 amide bonds. The van der Waals surface area contributed by atoms with Crippen molar-refractivity contribution in [3.05, 3.63) is 83.4 Å². The maximum absolute atomic E-state index is 13.5. The van der Waals surface area contributed by atoms with Gasteiger partial charge in [0.25, 0.3) is 5.91 Å². The van der Waals surface area contributed by atoms with Gasteiger partial charge in [-0.25, -0.2) is 0 Å². The van der Waals surface area contributed by atoms with Crippen molar-refractivity contribution < 1.29 is 19.0 Å². The summed E-state index contributed by atoms with van der Waals surface area (Å²) < 4.78 is 16.6. The summed E-state index contributed by atoms with van der Waals surface area (Å²) in [5, 5.41) is 3.15. The van der Waals surface area contributed by atoms with Gasteiger partial charge in [0.15, 0.2) is 0 Å². The van der Waals surface area contributed by atoms with Crippen LogP contribution < -0.4 is 15.0 Å². The minimum atomic E-state index is -0.0464. The van der Waals surface area contributed by atoms with Crippen LogP contribution in [0.5, 0.6) is 5.75 Å². The Morgan fingerprint density at radius 1 is 0.977 bits per heavy atom. The topological polar surface area (TPSA) is 63.3 Å². The number of fused-ring (bicyclic) bond motifs is 1. The van der Waals surface area contributed by atoms with E-state index in [0.29, 0.717) is 32.3 Å². The molecule has 0 spiro atoms. The second kappa shape index (κ2) is 15.2. The molecule has 1 N–H and O–H groups in total. The Morgan fingerprint density at radius 3 is 2.44 bits per heavy atom. The Morgan fingerprint density at radius 2 is 1.72 bits per heavy atom. The Hall–Kier alpha value is -3.65.